The van der Waals surface area contributed by atoms with Crippen molar-refractivity contribution in [2.45, 2.75) is 19.1 Å². The van der Waals surface area contributed by atoms with E-state index >= 15 is 0 Å². The van der Waals surface area contributed by atoms with Crippen molar-refractivity contribution in [2.75, 3.05) is 32.2 Å². The zero-order chi connectivity index (χ0) is 14.0. The highest BCUT2D eigenvalue weighted by molar-refractivity contribution is 5.95. The molecule has 2 unspecified atom stereocenters. The SMILES string of the molecule is COC1CN(c2cc(C(=N)N)cc(C)n2)CC1OC. The fourth-order valence-corrected chi connectivity index (χ4v) is 2.35. The highest BCUT2D eigenvalue weighted by Gasteiger charge is 2.33. The molecule has 0 radical (unpaired) electrons. The lowest BCUT2D eigenvalue weighted by molar-refractivity contribution is -0.00461. The third kappa shape index (κ3) is 2.85. The van der Waals surface area contributed by atoms with E-state index in [0.29, 0.717) is 5.56 Å². The summed E-state index contributed by atoms with van der Waals surface area (Å²) in [6, 6.07) is 3.64. The number of amidine groups is 1. The summed E-state index contributed by atoms with van der Waals surface area (Å²) in [5, 5.41) is 7.53. The first-order chi connectivity index (χ1) is 9.05. The molecule has 104 valence electrons. The molecule has 1 aliphatic rings. The van der Waals surface area contributed by atoms with Crippen LogP contribution in [0, 0.1) is 12.3 Å². The Morgan fingerprint density at radius 3 is 2.37 bits per heavy atom. The molecule has 0 amide bonds. The second-order valence-electron chi connectivity index (χ2n) is 4.72. The minimum Gasteiger partial charge on any atom is -0.384 e. The predicted octanol–water partition coefficient (Wildman–Crippen LogP) is 0.524. The van der Waals surface area contributed by atoms with E-state index in [2.05, 4.69) is 9.88 Å². The van der Waals surface area contributed by atoms with Gasteiger partial charge < -0.3 is 20.1 Å². The predicted molar refractivity (Wildman–Crippen MR) is 73.8 cm³/mol. The van der Waals surface area contributed by atoms with Gasteiger partial charge in [-0.3, -0.25) is 5.41 Å². The van der Waals surface area contributed by atoms with E-state index in [-0.39, 0.29) is 18.0 Å². The van der Waals surface area contributed by atoms with Crippen LogP contribution in [0.1, 0.15) is 11.3 Å². The van der Waals surface area contributed by atoms with Gasteiger partial charge in [0.05, 0.1) is 0 Å². The molecule has 6 nitrogen and oxygen atoms in total. The number of hydrogen-bond donors (Lipinski definition) is 2. The molecule has 2 heterocycles. The average molecular weight is 264 g/mol. The summed E-state index contributed by atoms with van der Waals surface area (Å²) in [7, 11) is 3.37. The van der Waals surface area contributed by atoms with Crippen LogP contribution >= 0.6 is 0 Å². The molecule has 0 spiro atoms. The van der Waals surface area contributed by atoms with Gasteiger partial charge in [0, 0.05) is 38.6 Å². The molecule has 0 saturated carbocycles. The van der Waals surface area contributed by atoms with Gasteiger partial charge in [-0.2, -0.15) is 0 Å². The molecule has 1 aromatic rings. The van der Waals surface area contributed by atoms with Crippen molar-refractivity contribution in [1.29, 1.82) is 5.41 Å². The van der Waals surface area contributed by atoms with E-state index in [0.717, 1.165) is 24.6 Å². The molecule has 6 heteroatoms. The molecule has 1 fully saturated rings. The summed E-state index contributed by atoms with van der Waals surface area (Å²) in [4.78, 5) is 6.60. The fourth-order valence-electron chi connectivity index (χ4n) is 2.35. The van der Waals surface area contributed by atoms with Crippen molar-refractivity contribution < 1.29 is 9.47 Å². The molecule has 19 heavy (non-hydrogen) atoms. The summed E-state index contributed by atoms with van der Waals surface area (Å²) in [5.74, 6) is 0.865. The van der Waals surface area contributed by atoms with Gasteiger partial charge in [0.2, 0.25) is 0 Å². The first kappa shape index (κ1) is 13.8. The number of aromatic nitrogens is 1. The molecular weight excluding hydrogens is 244 g/mol. The largest absolute Gasteiger partial charge is 0.384 e. The second-order valence-corrected chi connectivity index (χ2v) is 4.72. The van der Waals surface area contributed by atoms with E-state index < -0.39 is 0 Å². The molecule has 1 saturated heterocycles. The summed E-state index contributed by atoms with van der Waals surface area (Å²) < 4.78 is 10.8. The van der Waals surface area contributed by atoms with E-state index in [1.54, 1.807) is 14.2 Å². The zero-order valence-corrected chi connectivity index (χ0v) is 11.5. The molecule has 0 aromatic carbocycles. The number of nitrogens with two attached hydrogens (primary N) is 1. The quantitative estimate of drug-likeness (QED) is 0.612. The maximum atomic E-state index is 7.53. The van der Waals surface area contributed by atoms with Gasteiger partial charge in [0.15, 0.2) is 0 Å². The molecule has 1 aliphatic heterocycles. The van der Waals surface area contributed by atoms with Gasteiger partial charge in [-0.1, -0.05) is 0 Å². The minimum absolute atomic E-state index is 0.0353. The number of pyridine rings is 1. The van der Waals surface area contributed by atoms with E-state index in [1.807, 2.05) is 19.1 Å². The Morgan fingerprint density at radius 2 is 1.89 bits per heavy atom. The Balaban J connectivity index is 2.25. The molecule has 1 aromatic heterocycles. The van der Waals surface area contributed by atoms with Gasteiger partial charge in [0.25, 0.3) is 0 Å². The molecule has 2 rings (SSSR count). The fraction of sp³-hybridized carbons (Fsp3) is 0.538. The minimum atomic E-state index is 0.0353. The van der Waals surface area contributed by atoms with Gasteiger partial charge in [-0.05, 0) is 19.1 Å². The lowest BCUT2D eigenvalue weighted by Crippen LogP contribution is -2.27. The van der Waals surface area contributed by atoms with Crippen molar-refractivity contribution in [1.82, 2.24) is 4.98 Å². The zero-order valence-electron chi connectivity index (χ0n) is 11.5. The van der Waals surface area contributed by atoms with Crippen LogP contribution in [0.4, 0.5) is 5.82 Å². The number of methoxy groups -OCH3 is 2. The van der Waals surface area contributed by atoms with E-state index in [9.17, 15) is 0 Å². The monoisotopic (exact) mass is 264 g/mol. The van der Waals surface area contributed by atoms with Crippen LogP contribution < -0.4 is 10.6 Å². The van der Waals surface area contributed by atoms with Crippen LogP contribution in [0.2, 0.25) is 0 Å². The van der Waals surface area contributed by atoms with Gasteiger partial charge in [-0.25, -0.2) is 4.98 Å². The van der Waals surface area contributed by atoms with Crippen LogP contribution in [0.15, 0.2) is 12.1 Å². The smallest absolute Gasteiger partial charge is 0.129 e. The van der Waals surface area contributed by atoms with Crippen LogP contribution in [0.25, 0.3) is 0 Å². The summed E-state index contributed by atoms with van der Waals surface area (Å²) in [6.45, 7) is 3.35. The first-order valence-corrected chi connectivity index (χ1v) is 6.18. The van der Waals surface area contributed by atoms with E-state index in [1.165, 1.54) is 0 Å². The number of nitrogens with zero attached hydrogens (tertiary/aromatic N) is 2. The maximum absolute atomic E-state index is 7.53. The number of nitrogens with one attached hydrogen (secondary N) is 1. The lowest BCUT2D eigenvalue weighted by Gasteiger charge is -2.18. The van der Waals surface area contributed by atoms with Crippen molar-refractivity contribution in [3.05, 3.63) is 23.4 Å². The van der Waals surface area contributed by atoms with Crippen molar-refractivity contribution in [3.63, 3.8) is 0 Å². The molecule has 3 N–H and O–H groups in total. The first-order valence-electron chi connectivity index (χ1n) is 6.18. The number of anilines is 1. The topological polar surface area (TPSA) is 84.5 Å². The summed E-state index contributed by atoms with van der Waals surface area (Å²) in [6.07, 6.45) is 0.0705. The lowest BCUT2D eigenvalue weighted by atomic mass is 10.2. The third-order valence-electron chi connectivity index (χ3n) is 3.40. The second kappa shape index (κ2) is 5.54. The maximum Gasteiger partial charge on any atom is 0.129 e. The van der Waals surface area contributed by atoms with Gasteiger partial charge >= 0.3 is 0 Å². The molecule has 2 atom stereocenters. The molecule has 0 bridgehead atoms. The number of ether oxygens (including phenoxy) is 2. The Bertz CT molecular complexity index is 466. The van der Waals surface area contributed by atoms with Crippen molar-refractivity contribution in [3.8, 4) is 0 Å². The third-order valence-corrected chi connectivity index (χ3v) is 3.40. The number of nitrogen functional groups attached to an aromatic ring is 1. The number of aryl methyl sites for hydroxylation is 1. The Kier molecular flexibility index (Phi) is 4.01. The van der Waals surface area contributed by atoms with Crippen molar-refractivity contribution in [2.24, 2.45) is 5.73 Å². The van der Waals surface area contributed by atoms with E-state index in [4.69, 9.17) is 20.6 Å². The Labute approximate surface area is 113 Å². The Morgan fingerprint density at radius 1 is 1.32 bits per heavy atom. The summed E-state index contributed by atoms with van der Waals surface area (Å²) in [5.41, 5.74) is 7.08. The van der Waals surface area contributed by atoms with Crippen LogP contribution in [0.5, 0.6) is 0 Å². The number of hydrogen-bond acceptors (Lipinski definition) is 5. The standard InChI is InChI=1S/C13H20N4O2/c1-8-4-9(13(14)15)5-12(16-8)17-6-10(18-2)11(7-17)19-3/h4-5,10-11H,6-7H2,1-3H3,(H3,14,15). The normalized spacial score (nSPS) is 22.8. The molecule has 0 aliphatic carbocycles. The van der Waals surface area contributed by atoms with Crippen LogP contribution in [-0.2, 0) is 9.47 Å². The van der Waals surface area contributed by atoms with Crippen LogP contribution in [0.3, 0.4) is 0 Å². The molecular formula is C13H20N4O2. The Hall–Kier alpha value is -1.66. The van der Waals surface area contributed by atoms with Gasteiger partial charge in [0.1, 0.15) is 23.9 Å². The highest BCUT2D eigenvalue weighted by Crippen LogP contribution is 2.23. The number of rotatable bonds is 4. The van der Waals surface area contributed by atoms with Gasteiger partial charge in [-0.15, -0.1) is 0 Å². The highest BCUT2D eigenvalue weighted by atomic mass is 16.5. The van der Waals surface area contributed by atoms with Crippen molar-refractivity contribution >= 4 is 11.7 Å². The van der Waals surface area contributed by atoms with Crippen LogP contribution in [-0.4, -0.2) is 50.3 Å². The average Bonchev–Trinajstić information content (AvgIpc) is 2.81. The summed E-state index contributed by atoms with van der Waals surface area (Å²) >= 11 is 0.